The number of carbonyl (C=O) groups is 1. The number of rotatable bonds is 5. The van der Waals surface area contributed by atoms with E-state index in [2.05, 4.69) is 33.1 Å². The molecular weight excluding hydrogens is 292 g/mol. The van der Waals surface area contributed by atoms with Crippen LogP contribution in [0.2, 0.25) is 0 Å². The van der Waals surface area contributed by atoms with Crippen LogP contribution in [0.5, 0.6) is 0 Å². The summed E-state index contributed by atoms with van der Waals surface area (Å²) in [5.41, 5.74) is 1.02. The lowest BCUT2D eigenvalue weighted by atomic mass is 10.2. The van der Waals surface area contributed by atoms with Crippen LogP contribution in [-0.2, 0) is 16.1 Å². The van der Waals surface area contributed by atoms with Crippen molar-refractivity contribution in [1.29, 1.82) is 0 Å². The number of aromatic nitrogens is 1. The van der Waals surface area contributed by atoms with E-state index in [9.17, 15) is 4.79 Å². The molecule has 0 spiro atoms. The first-order chi connectivity index (χ1) is 11.3. The lowest BCUT2D eigenvalue weighted by molar-refractivity contribution is -0.130. The maximum atomic E-state index is 11.9. The Morgan fingerprint density at radius 1 is 1.35 bits per heavy atom. The van der Waals surface area contributed by atoms with Gasteiger partial charge in [-0.1, -0.05) is 13.0 Å². The lowest BCUT2D eigenvalue weighted by Gasteiger charge is -2.34. The topological polar surface area (TPSA) is 57.7 Å². The molecule has 3 rings (SSSR count). The molecule has 1 aromatic heterocycles. The molecule has 0 bridgehead atoms. The number of amides is 1. The number of hydrogen-bond donors (Lipinski definition) is 1. The number of likely N-dealkylation sites (N-methyl/N-ethyl adjacent to an activating group) is 1. The minimum absolute atomic E-state index is 0.0118. The van der Waals surface area contributed by atoms with Crippen molar-refractivity contribution < 1.29 is 9.53 Å². The molecule has 2 aliphatic heterocycles. The Balaban J connectivity index is 1.48. The normalized spacial score (nSPS) is 22.3. The number of carbonyl (C=O) groups excluding carboxylic acids is 1. The Bertz CT molecular complexity index is 506. The largest absolute Gasteiger partial charge is 0.368 e. The molecule has 3 heterocycles. The number of nitrogens with zero attached hydrogens (tertiary/aromatic N) is 3. The summed E-state index contributed by atoms with van der Waals surface area (Å²) >= 11 is 0. The van der Waals surface area contributed by atoms with Crippen LogP contribution in [0.25, 0.3) is 0 Å². The number of nitrogens with one attached hydrogen (secondary N) is 1. The van der Waals surface area contributed by atoms with Crippen molar-refractivity contribution in [3.63, 3.8) is 0 Å². The zero-order chi connectivity index (χ0) is 16.1. The fourth-order valence-electron chi connectivity index (χ4n) is 3.09. The molecule has 1 N–H and O–H groups in total. The highest BCUT2D eigenvalue weighted by Gasteiger charge is 2.23. The van der Waals surface area contributed by atoms with E-state index in [1.54, 1.807) is 0 Å². The van der Waals surface area contributed by atoms with Crippen molar-refractivity contribution >= 4 is 11.7 Å². The molecule has 0 radical (unpaired) electrons. The van der Waals surface area contributed by atoms with Crippen LogP contribution in [0, 0.1) is 0 Å². The maximum Gasteiger partial charge on any atom is 0.249 e. The minimum atomic E-state index is -0.267. The third-order valence-electron chi connectivity index (χ3n) is 4.64. The molecule has 0 saturated carbocycles. The van der Waals surface area contributed by atoms with Gasteiger partial charge in [0.1, 0.15) is 11.9 Å². The lowest BCUT2D eigenvalue weighted by Crippen LogP contribution is -2.46. The molecule has 0 aromatic carbocycles. The maximum absolute atomic E-state index is 11.9. The van der Waals surface area contributed by atoms with E-state index in [1.807, 2.05) is 12.3 Å². The molecule has 2 aliphatic rings. The number of piperazine rings is 1. The van der Waals surface area contributed by atoms with Gasteiger partial charge in [0.2, 0.25) is 5.91 Å². The Morgan fingerprint density at radius 3 is 2.78 bits per heavy atom. The molecular formula is C17H26N4O2. The van der Waals surface area contributed by atoms with Crippen molar-refractivity contribution in [1.82, 2.24) is 15.2 Å². The zero-order valence-corrected chi connectivity index (χ0v) is 13.8. The Hall–Kier alpha value is -1.66. The third kappa shape index (κ3) is 4.20. The van der Waals surface area contributed by atoms with Crippen LogP contribution >= 0.6 is 0 Å². The first-order valence-electron chi connectivity index (χ1n) is 8.58. The third-order valence-corrected chi connectivity index (χ3v) is 4.64. The number of hydrogen-bond acceptors (Lipinski definition) is 5. The molecule has 0 aliphatic carbocycles. The van der Waals surface area contributed by atoms with Crippen LogP contribution in [0.15, 0.2) is 18.3 Å². The molecule has 6 nitrogen and oxygen atoms in total. The number of anilines is 1. The minimum Gasteiger partial charge on any atom is -0.368 e. The summed E-state index contributed by atoms with van der Waals surface area (Å²) in [6, 6.07) is 4.10. The molecule has 23 heavy (non-hydrogen) atoms. The van der Waals surface area contributed by atoms with Gasteiger partial charge >= 0.3 is 0 Å². The van der Waals surface area contributed by atoms with Crippen LogP contribution in [0.3, 0.4) is 0 Å². The summed E-state index contributed by atoms with van der Waals surface area (Å²) in [6.45, 7) is 8.76. The second-order valence-electron chi connectivity index (χ2n) is 6.17. The van der Waals surface area contributed by atoms with Crippen molar-refractivity contribution in [3.05, 3.63) is 23.9 Å². The van der Waals surface area contributed by atoms with E-state index < -0.39 is 0 Å². The standard InChI is InChI=1S/C17H26N4O2/c1-2-20-7-9-21(10-8-20)16-6-5-14(12-18-16)13-19-17(22)15-4-3-11-23-15/h5-6,12,15H,2-4,7-11,13H2,1H3,(H,19,22)/t15-/m0/s1. The molecule has 1 amide bonds. The highest BCUT2D eigenvalue weighted by Crippen LogP contribution is 2.15. The highest BCUT2D eigenvalue weighted by atomic mass is 16.5. The molecule has 1 atom stereocenters. The summed E-state index contributed by atoms with van der Waals surface area (Å²) in [5.74, 6) is 1.01. The average molecular weight is 318 g/mol. The van der Waals surface area contributed by atoms with Crippen LogP contribution < -0.4 is 10.2 Å². The Kier molecular flexibility index (Phi) is 5.46. The van der Waals surface area contributed by atoms with Gasteiger partial charge in [-0.05, 0) is 31.0 Å². The predicted octanol–water partition coefficient (Wildman–Crippen LogP) is 1.02. The van der Waals surface area contributed by atoms with Gasteiger partial charge in [-0.15, -0.1) is 0 Å². The smallest absolute Gasteiger partial charge is 0.249 e. The first-order valence-corrected chi connectivity index (χ1v) is 8.58. The van der Waals surface area contributed by atoms with Gasteiger partial charge in [0.25, 0.3) is 0 Å². The quantitative estimate of drug-likeness (QED) is 0.878. The first kappa shape index (κ1) is 16.2. The molecule has 0 unspecified atom stereocenters. The molecule has 2 saturated heterocycles. The number of ether oxygens (including phenoxy) is 1. The number of pyridine rings is 1. The van der Waals surface area contributed by atoms with Crippen LogP contribution in [0.1, 0.15) is 25.3 Å². The highest BCUT2D eigenvalue weighted by molar-refractivity contribution is 5.80. The van der Waals surface area contributed by atoms with Crippen molar-refractivity contribution in [2.45, 2.75) is 32.4 Å². The van der Waals surface area contributed by atoms with Gasteiger partial charge in [0.05, 0.1) is 0 Å². The Morgan fingerprint density at radius 2 is 2.17 bits per heavy atom. The summed E-state index contributed by atoms with van der Waals surface area (Å²) in [4.78, 5) is 21.2. The summed E-state index contributed by atoms with van der Waals surface area (Å²) < 4.78 is 5.38. The molecule has 126 valence electrons. The van der Waals surface area contributed by atoms with E-state index >= 15 is 0 Å². The monoisotopic (exact) mass is 318 g/mol. The summed E-state index contributed by atoms with van der Waals surface area (Å²) in [5, 5.41) is 2.93. The zero-order valence-electron chi connectivity index (χ0n) is 13.8. The second kappa shape index (κ2) is 7.75. The SMILES string of the molecule is CCN1CCN(c2ccc(CNC(=O)[C@@H]3CCCO3)cn2)CC1. The average Bonchev–Trinajstić information content (AvgIpc) is 3.15. The van der Waals surface area contributed by atoms with Crippen LogP contribution in [0.4, 0.5) is 5.82 Å². The van der Waals surface area contributed by atoms with E-state index in [0.29, 0.717) is 13.2 Å². The molecule has 6 heteroatoms. The van der Waals surface area contributed by atoms with E-state index in [4.69, 9.17) is 4.74 Å². The van der Waals surface area contributed by atoms with Gasteiger partial charge in [0, 0.05) is 45.5 Å². The Labute approximate surface area is 137 Å². The molecule has 2 fully saturated rings. The van der Waals surface area contributed by atoms with E-state index in [-0.39, 0.29) is 12.0 Å². The van der Waals surface area contributed by atoms with Gasteiger partial charge < -0.3 is 19.9 Å². The summed E-state index contributed by atoms with van der Waals surface area (Å²) in [6.07, 6.45) is 3.39. The fourth-order valence-corrected chi connectivity index (χ4v) is 3.09. The van der Waals surface area contributed by atoms with Crippen molar-refractivity contribution in [3.8, 4) is 0 Å². The van der Waals surface area contributed by atoms with Crippen molar-refractivity contribution in [2.24, 2.45) is 0 Å². The van der Waals surface area contributed by atoms with Gasteiger partial charge in [0.15, 0.2) is 0 Å². The second-order valence-corrected chi connectivity index (χ2v) is 6.17. The van der Waals surface area contributed by atoms with E-state index in [0.717, 1.165) is 56.9 Å². The predicted molar refractivity (Wildman–Crippen MR) is 89.4 cm³/mol. The van der Waals surface area contributed by atoms with Crippen molar-refractivity contribution in [2.75, 3.05) is 44.2 Å². The van der Waals surface area contributed by atoms with Gasteiger partial charge in [-0.3, -0.25) is 4.79 Å². The summed E-state index contributed by atoms with van der Waals surface area (Å²) in [7, 11) is 0. The van der Waals surface area contributed by atoms with E-state index in [1.165, 1.54) is 0 Å². The fraction of sp³-hybridized carbons (Fsp3) is 0.647. The van der Waals surface area contributed by atoms with Gasteiger partial charge in [-0.25, -0.2) is 4.98 Å². The van der Waals surface area contributed by atoms with Gasteiger partial charge in [-0.2, -0.15) is 0 Å². The molecule has 1 aromatic rings. The van der Waals surface area contributed by atoms with Crippen LogP contribution in [-0.4, -0.2) is 61.2 Å².